The van der Waals surface area contributed by atoms with E-state index in [9.17, 15) is 4.79 Å². The van der Waals surface area contributed by atoms with Crippen molar-refractivity contribution in [3.63, 3.8) is 0 Å². The predicted molar refractivity (Wildman–Crippen MR) is 152 cm³/mol. The number of fused-ring (bicyclic) bond motifs is 1. The summed E-state index contributed by atoms with van der Waals surface area (Å²) in [6, 6.07) is 16.5. The monoisotopic (exact) mass is 541 g/mol. The number of nitrogens with one attached hydrogen (secondary N) is 1. The fourth-order valence-electron chi connectivity index (χ4n) is 4.86. The summed E-state index contributed by atoms with van der Waals surface area (Å²) in [6.45, 7) is 0. The third-order valence-corrected chi connectivity index (χ3v) is 6.85. The second kappa shape index (κ2) is 11.5. The molecular weight excluding hydrogens is 510 g/mol. The van der Waals surface area contributed by atoms with Crippen LogP contribution in [0, 0.1) is 0 Å². The number of hydrogen-bond acceptors (Lipinski definition) is 8. The summed E-state index contributed by atoms with van der Waals surface area (Å²) in [5, 5.41) is 11.3. The molecule has 0 spiro atoms. The molecule has 3 aromatic carbocycles. The van der Waals surface area contributed by atoms with Crippen molar-refractivity contribution < 1.29 is 23.7 Å². The second-order valence-electron chi connectivity index (χ2n) is 9.31. The molecule has 3 N–H and O–H groups in total. The molecule has 1 heterocycles. The van der Waals surface area contributed by atoms with Gasteiger partial charge in [0.15, 0.2) is 11.5 Å². The zero-order valence-electron chi connectivity index (χ0n) is 22.8. The van der Waals surface area contributed by atoms with Crippen molar-refractivity contribution in [2.45, 2.75) is 18.9 Å². The Morgan fingerprint density at radius 2 is 1.70 bits per heavy atom. The highest BCUT2D eigenvalue weighted by Gasteiger charge is 2.22. The summed E-state index contributed by atoms with van der Waals surface area (Å²) in [6.07, 6.45) is 5.00. The van der Waals surface area contributed by atoms with Crippen LogP contribution in [0.2, 0.25) is 0 Å². The van der Waals surface area contributed by atoms with Crippen LogP contribution < -0.4 is 30.0 Å². The maximum atomic E-state index is 13.1. The molecule has 1 aliphatic rings. The van der Waals surface area contributed by atoms with Crippen molar-refractivity contribution in [2.24, 2.45) is 5.73 Å². The normalized spacial score (nSPS) is 12.8. The van der Waals surface area contributed by atoms with E-state index in [1.165, 1.54) is 11.1 Å². The fourth-order valence-corrected chi connectivity index (χ4v) is 4.86. The molecule has 10 nitrogen and oxygen atoms in total. The number of ether oxygens (including phenoxy) is 4. The van der Waals surface area contributed by atoms with Crippen molar-refractivity contribution in [3.05, 3.63) is 77.5 Å². The molecule has 0 fully saturated rings. The van der Waals surface area contributed by atoms with E-state index in [4.69, 9.17) is 24.7 Å². The summed E-state index contributed by atoms with van der Waals surface area (Å²) in [4.78, 5) is 13.1. The van der Waals surface area contributed by atoms with Gasteiger partial charge in [0.05, 0.1) is 57.7 Å². The van der Waals surface area contributed by atoms with Crippen molar-refractivity contribution in [2.75, 3.05) is 33.8 Å². The molecule has 0 radical (unpaired) electrons. The topological polar surface area (TPSA) is 123 Å². The third-order valence-electron chi connectivity index (χ3n) is 6.85. The Morgan fingerprint density at radius 3 is 2.38 bits per heavy atom. The summed E-state index contributed by atoms with van der Waals surface area (Å²) in [7, 11) is 6.19. The zero-order chi connectivity index (χ0) is 28.2. The predicted octanol–water partition coefficient (Wildman–Crippen LogP) is 4.26. The molecule has 10 heteroatoms. The zero-order valence-corrected chi connectivity index (χ0v) is 22.8. The first-order valence-electron chi connectivity index (χ1n) is 12.7. The van der Waals surface area contributed by atoms with E-state index in [1.807, 2.05) is 18.2 Å². The van der Waals surface area contributed by atoms with Gasteiger partial charge in [-0.05, 0) is 42.2 Å². The lowest BCUT2D eigenvalue weighted by Gasteiger charge is -2.17. The van der Waals surface area contributed by atoms with E-state index < -0.39 is 6.04 Å². The van der Waals surface area contributed by atoms with Gasteiger partial charge in [-0.2, -0.15) is 0 Å². The highest BCUT2D eigenvalue weighted by molar-refractivity contribution is 5.97. The lowest BCUT2D eigenvalue weighted by atomic mass is 10.0. The van der Waals surface area contributed by atoms with E-state index >= 15 is 0 Å². The minimum atomic E-state index is -0.722. The molecule has 1 aromatic heterocycles. The van der Waals surface area contributed by atoms with E-state index in [1.54, 1.807) is 63.6 Å². The molecule has 1 amide bonds. The summed E-state index contributed by atoms with van der Waals surface area (Å²) in [5.41, 5.74) is 12.4. The number of benzene rings is 3. The Labute approximate surface area is 232 Å². The fraction of sp³-hybridized carbons (Fsp3) is 0.233. The van der Waals surface area contributed by atoms with Crippen LogP contribution in [0.4, 0.5) is 5.69 Å². The maximum absolute atomic E-state index is 13.1. The van der Waals surface area contributed by atoms with E-state index in [-0.39, 0.29) is 5.91 Å². The van der Waals surface area contributed by atoms with Gasteiger partial charge in [0.1, 0.15) is 5.75 Å². The quantitative estimate of drug-likeness (QED) is 0.305. The summed E-state index contributed by atoms with van der Waals surface area (Å²) >= 11 is 0. The SMILES string of the molecule is COc1ccc(-c2cnnn2-c2cc(OC)c(OC)c(OC)c2)cc1NC(=O)C(N)CC1=Cc2ccccc2C1. The van der Waals surface area contributed by atoms with Crippen LogP contribution in [-0.2, 0) is 11.2 Å². The van der Waals surface area contributed by atoms with Crippen LogP contribution in [0.25, 0.3) is 23.0 Å². The Kier molecular flexibility index (Phi) is 7.70. The van der Waals surface area contributed by atoms with Gasteiger partial charge in [0.25, 0.3) is 0 Å². The minimum absolute atomic E-state index is 0.302. The highest BCUT2D eigenvalue weighted by Crippen LogP contribution is 2.40. The van der Waals surface area contributed by atoms with Crippen molar-refractivity contribution >= 4 is 17.7 Å². The Hall–Kier alpha value is -4.83. The van der Waals surface area contributed by atoms with Gasteiger partial charge in [-0.25, -0.2) is 4.68 Å². The average Bonchev–Trinajstić information content (AvgIpc) is 3.63. The Morgan fingerprint density at radius 1 is 0.975 bits per heavy atom. The largest absolute Gasteiger partial charge is 0.495 e. The maximum Gasteiger partial charge on any atom is 0.241 e. The number of nitrogens with two attached hydrogens (primary N) is 1. The smallest absolute Gasteiger partial charge is 0.241 e. The number of methoxy groups -OCH3 is 4. The molecular formula is C30H31N5O5. The molecule has 1 aliphatic carbocycles. The molecule has 5 rings (SSSR count). The number of hydrogen-bond donors (Lipinski definition) is 2. The first-order chi connectivity index (χ1) is 19.4. The van der Waals surface area contributed by atoms with E-state index in [0.29, 0.717) is 46.5 Å². The number of carbonyl (C=O) groups excluding carboxylic acids is 1. The Bertz CT molecular complexity index is 1550. The molecule has 40 heavy (non-hydrogen) atoms. The molecule has 1 atom stereocenters. The van der Waals surface area contributed by atoms with Crippen molar-refractivity contribution in [1.29, 1.82) is 0 Å². The van der Waals surface area contributed by atoms with Gasteiger partial charge in [-0.1, -0.05) is 41.1 Å². The average molecular weight is 542 g/mol. The van der Waals surface area contributed by atoms with Crippen LogP contribution in [0.3, 0.4) is 0 Å². The van der Waals surface area contributed by atoms with Gasteiger partial charge >= 0.3 is 0 Å². The van der Waals surface area contributed by atoms with Crippen LogP contribution in [0.15, 0.2) is 66.4 Å². The van der Waals surface area contributed by atoms with Gasteiger partial charge in [-0.15, -0.1) is 5.10 Å². The number of nitrogens with zero attached hydrogens (tertiary/aromatic N) is 3. The molecule has 0 aliphatic heterocycles. The van der Waals surface area contributed by atoms with Gasteiger partial charge in [-0.3, -0.25) is 4.79 Å². The number of amides is 1. The molecule has 1 unspecified atom stereocenters. The minimum Gasteiger partial charge on any atom is -0.495 e. The van der Waals surface area contributed by atoms with Gasteiger partial charge in [0.2, 0.25) is 11.7 Å². The van der Waals surface area contributed by atoms with Crippen molar-refractivity contribution in [3.8, 4) is 39.9 Å². The number of anilines is 1. The molecule has 0 saturated heterocycles. The standard InChI is InChI=1S/C30H31N5O5/c1-37-26-10-9-21(25-17-32-34-35(25)22-15-27(38-2)29(40-4)28(16-22)39-3)14-24(26)33-30(36)23(31)13-18-11-19-7-5-6-8-20(19)12-18/h5-11,14-17,23H,12-13,31H2,1-4H3,(H,33,36). The molecule has 4 aromatic rings. The van der Waals surface area contributed by atoms with Gasteiger partial charge < -0.3 is 30.0 Å². The summed E-state index contributed by atoms with van der Waals surface area (Å²) < 4.78 is 23.6. The Balaban J connectivity index is 1.40. The highest BCUT2D eigenvalue weighted by atomic mass is 16.5. The first kappa shape index (κ1) is 26.8. The van der Waals surface area contributed by atoms with E-state index in [2.05, 4.69) is 33.8 Å². The second-order valence-corrected chi connectivity index (χ2v) is 9.31. The lowest BCUT2D eigenvalue weighted by Crippen LogP contribution is -2.36. The number of carbonyl (C=O) groups is 1. The number of rotatable bonds is 10. The number of aromatic nitrogens is 3. The van der Waals surface area contributed by atoms with Gasteiger partial charge in [0, 0.05) is 17.7 Å². The summed E-state index contributed by atoms with van der Waals surface area (Å²) in [5.74, 6) is 1.64. The first-order valence-corrected chi connectivity index (χ1v) is 12.7. The van der Waals surface area contributed by atoms with Crippen LogP contribution in [-0.4, -0.2) is 55.4 Å². The van der Waals surface area contributed by atoms with E-state index in [0.717, 1.165) is 17.6 Å². The molecule has 0 saturated carbocycles. The van der Waals surface area contributed by atoms with Crippen LogP contribution >= 0.6 is 0 Å². The lowest BCUT2D eigenvalue weighted by molar-refractivity contribution is -0.117. The molecule has 206 valence electrons. The van der Waals surface area contributed by atoms with Crippen molar-refractivity contribution in [1.82, 2.24) is 15.0 Å². The van der Waals surface area contributed by atoms with Crippen LogP contribution in [0.1, 0.15) is 17.5 Å². The third kappa shape index (κ3) is 5.21. The molecule has 0 bridgehead atoms. The van der Waals surface area contributed by atoms with Crippen LogP contribution in [0.5, 0.6) is 23.0 Å².